The van der Waals surface area contributed by atoms with Crippen molar-refractivity contribution in [2.45, 2.75) is 32.7 Å². The number of nitrogens with one attached hydrogen (secondary N) is 1. The number of pyridine rings is 1. The number of benzene rings is 1. The Kier molecular flexibility index (Phi) is 6.76. The van der Waals surface area contributed by atoms with Crippen molar-refractivity contribution in [1.82, 2.24) is 14.5 Å². The molecule has 1 fully saturated rings. The van der Waals surface area contributed by atoms with Crippen molar-refractivity contribution < 1.29 is 23.4 Å². The molecule has 34 heavy (non-hydrogen) atoms. The number of amides is 2. The third-order valence-electron chi connectivity index (χ3n) is 5.77. The maximum absolute atomic E-state index is 13.6. The highest BCUT2D eigenvalue weighted by Crippen LogP contribution is 2.36. The molecule has 3 heterocycles. The van der Waals surface area contributed by atoms with Gasteiger partial charge >= 0.3 is 6.09 Å². The Hall–Kier alpha value is -3.95. The number of anilines is 1. The summed E-state index contributed by atoms with van der Waals surface area (Å²) in [6.07, 6.45) is 3.97. The smallest absolute Gasteiger partial charge is 0.409 e. The van der Waals surface area contributed by atoms with Gasteiger partial charge in [-0.15, -0.1) is 0 Å². The lowest BCUT2D eigenvalue weighted by Crippen LogP contribution is -2.39. The molecule has 1 N–H and O–H groups in total. The van der Waals surface area contributed by atoms with E-state index in [-0.39, 0.29) is 18.0 Å². The van der Waals surface area contributed by atoms with E-state index < -0.39 is 5.82 Å². The van der Waals surface area contributed by atoms with Gasteiger partial charge in [-0.05, 0) is 43.3 Å². The first-order valence-corrected chi connectivity index (χ1v) is 11.1. The molecule has 3 aromatic rings. The number of carbonyl (C=O) groups is 2. The molecule has 9 nitrogen and oxygen atoms in total. The molecule has 10 heteroatoms. The average Bonchev–Trinajstić information content (AvgIpc) is 3.16. The topological polar surface area (TPSA) is 103 Å². The molecule has 4 rings (SSSR count). The maximum Gasteiger partial charge on any atom is 0.409 e. The second kappa shape index (κ2) is 9.90. The van der Waals surface area contributed by atoms with Gasteiger partial charge in [0.2, 0.25) is 12.2 Å². The quantitative estimate of drug-likeness (QED) is 0.455. The summed E-state index contributed by atoms with van der Waals surface area (Å²) in [7, 11) is 0. The second-order valence-corrected chi connectivity index (χ2v) is 8.08. The van der Waals surface area contributed by atoms with E-state index in [1.54, 1.807) is 42.3 Å². The van der Waals surface area contributed by atoms with Crippen LogP contribution in [0, 0.1) is 11.0 Å². The highest BCUT2D eigenvalue weighted by molar-refractivity contribution is 5.88. The van der Waals surface area contributed by atoms with E-state index in [1.165, 1.54) is 25.4 Å². The molecule has 2 amide bonds. The number of piperidine rings is 1. The van der Waals surface area contributed by atoms with Crippen molar-refractivity contribution in [3.63, 3.8) is 0 Å². The van der Waals surface area contributed by atoms with Gasteiger partial charge in [0.05, 0.1) is 6.61 Å². The summed E-state index contributed by atoms with van der Waals surface area (Å²) in [5.74, 6) is -0.299. The van der Waals surface area contributed by atoms with E-state index in [2.05, 4.69) is 10.3 Å². The molecule has 0 atom stereocenters. The van der Waals surface area contributed by atoms with Gasteiger partial charge < -0.3 is 20.2 Å². The third kappa shape index (κ3) is 4.85. The summed E-state index contributed by atoms with van der Waals surface area (Å²) in [5, 5.41) is 15.8. The number of hydrogen-bond donors (Lipinski definition) is 1. The number of rotatable bonds is 5. The van der Waals surface area contributed by atoms with Gasteiger partial charge in [0.1, 0.15) is 17.7 Å². The second-order valence-electron chi connectivity index (χ2n) is 8.08. The zero-order valence-electron chi connectivity index (χ0n) is 19.0. The van der Waals surface area contributed by atoms with Crippen LogP contribution in [0.4, 0.5) is 15.0 Å². The first kappa shape index (κ1) is 23.2. The summed E-state index contributed by atoms with van der Waals surface area (Å²) in [4.78, 5) is 29.5. The monoisotopic (exact) mass is 467 g/mol. The Bertz CT molecular complexity index is 1190. The predicted molar refractivity (Wildman–Crippen MR) is 123 cm³/mol. The van der Waals surface area contributed by atoms with Crippen LogP contribution in [0.25, 0.3) is 22.5 Å². The Labute approximate surface area is 196 Å². The van der Waals surface area contributed by atoms with Gasteiger partial charge in [-0.3, -0.25) is 4.79 Å². The van der Waals surface area contributed by atoms with Crippen LogP contribution in [0.2, 0.25) is 0 Å². The maximum atomic E-state index is 13.6. The third-order valence-corrected chi connectivity index (χ3v) is 5.77. The molecular formula is C24H26FN5O4. The van der Waals surface area contributed by atoms with E-state index in [0.717, 1.165) is 4.73 Å². The van der Waals surface area contributed by atoms with Crippen molar-refractivity contribution in [2.24, 2.45) is 0 Å². The van der Waals surface area contributed by atoms with Crippen LogP contribution >= 0.6 is 0 Å². The minimum Gasteiger partial charge on any atom is -0.710 e. The standard InChI is InChI=1S/C24H26FN5O4/c1-3-34-24(32)28-12-9-20(10-13-28)29-15-30(33)23(17-4-6-19(25)7-5-17)22(29)18-8-11-26-21(14-18)27-16(2)31/h4-8,11,14-15,20H,3,9-10,12-13H2,1-2H3,(H,26,27,31). The number of hydrogen-bond acceptors (Lipinski definition) is 5. The molecule has 178 valence electrons. The summed E-state index contributed by atoms with van der Waals surface area (Å²) in [5.41, 5.74) is 2.24. The molecule has 0 radical (unpaired) electrons. The van der Waals surface area contributed by atoms with Crippen LogP contribution in [-0.2, 0) is 9.53 Å². The van der Waals surface area contributed by atoms with E-state index in [9.17, 15) is 19.2 Å². The lowest BCUT2D eigenvalue weighted by atomic mass is 10.0. The van der Waals surface area contributed by atoms with E-state index >= 15 is 0 Å². The molecule has 0 bridgehead atoms. The van der Waals surface area contributed by atoms with Gasteiger partial charge in [0.25, 0.3) is 0 Å². The fourth-order valence-electron chi connectivity index (χ4n) is 4.26. The van der Waals surface area contributed by atoms with E-state index in [0.29, 0.717) is 60.9 Å². The van der Waals surface area contributed by atoms with E-state index in [4.69, 9.17) is 4.74 Å². The largest absolute Gasteiger partial charge is 0.710 e. The highest BCUT2D eigenvalue weighted by atomic mass is 19.1. The van der Waals surface area contributed by atoms with Crippen molar-refractivity contribution in [3.8, 4) is 22.5 Å². The van der Waals surface area contributed by atoms with Crippen LogP contribution in [0.3, 0.4) is 0 Å². The lowest BCUT2D eigenvalue weighted by Gasteiger charge is -2.30. The number of halogens is 1. The van der Waals surface area contributed by atoms with Crippen LogP contribution in [0.15, 0.2) is 48.9 Å². The van der Waals surface area contributed by atoms with Crippen LogP contribution < -0.4 is 10.0 Å². The molecule has 1 aliphatic heterocycles. The number of carbonyl (C=O) groups excluding carboxylic acids is 2. The molecule has 1 aromatic carbocycles. The first-order chi connectivity index (χ1) is 16.4. The average molecular weight is 468 g/mol. The molecule has 2 aromatic heterocycles. The fraction of sp³-hybridized carbons (Fsp3) is 0.333. The van der Waals surface area contributed by atoms with Gasteiger partial charge in [0.15, 0.2) is 11.4 Å². The molecule has 0 unspecified atom stereocenters. The Balaban J connectivity index is 1.76. The van der Waals surface area contributed by atoms with E-state index in [1.807, 2.05) is 4.57 Å². The van der Waals surface area contributed by atoms with Crippen molar-refractivity contribution in [3.05, 3.63) is 59.9 Å². The Morgan fingerprint density at radius 2 is 1.91 bits per heavy atom. The Morgan fingerprint density at radius 1 is 1.21 bits per heavy atom. The minimum absolute atomic E-state index is 0.0487. The number of ether oxygens (including phenoxy) is 1. The summed E-state index contributed by atoms with van der Waals surface area (Å²) < 4.78 is 21.4. The lowest BCUT2D eigenvalue weighted by molar-refractivity contribution is -0.593. The normalized spacial score (nSPS) is 14.1. The predicted octanol–water partition coefficient (Wildman–Crippen LogP) is 3.74. The number of aromatic nitrogens is 3. The van der Waals surface area contributed by atoms with Gasteiger partial charge in [-0.25, -0.2) is 23.5 Å². The molecule has 1 aliphatic rings. The van der Waals surface area contributed by atoms with Crippen molar-refractivity contribution >= 4 is 17.8 Å². The van der Waals surface area contributed by atoms with Crippen LogP contribution in [0.5, 0.6) is 0 Å². The zero-order chi connectivity index (χ0) is 24.2. The number of nitrogens with zero attached hydrogens (tertiary/aromatic N) is 4. The SMILES string of the molecule is CCOC(=O)N1CCC(n2c[n+]([O-])c(-c3ccc(F)cc3)c2-c2ccnc(NC(C)=O)c2)CC1. The zero-order valence-corrected chi connectivity index (χ0v) is 19.0. The number of imidazole rings is 1. The van der Waals surface area contributed by atoms with Crippen molar-refractivity contribution in [2.75, 3.05) is 25.0 Å². The first-order valence-electron chi connectivity index (χ1n) is 11.1. The van der Waals surface area contributed by atoms with Crippen LogP contribution in [-0.4, -0.2) is 46.1 Å². The Morgan fingerprint density at radius 3 is 2.56 bits per heavy atom. The summed E-state index contributed by atoms with van der Waals surface area (Å²) in [6.45, 7) is 4.48. The number of likely N-dealkylation sites (tertiary alicyclic amines) is 1. The molecule has 0 aliphatic carbocycles. The summed E-state index contributed by atoms with van der Waals surface area (Å²) in [6, 6.07) is 9.16. The van der Waals surface area contributed by atoms with Gasteiger partial charge in [-0.1, -0.05) is 0 Å². The van der Waals surface area contributed by atoms with Gasteiger partial charge in [0, 0.05) is 50.2 Å². The summed E-state index contributed by atoms with van der Waals surface area (Å²) >= 11 is 0. The molecule has 1 saturated heterocycles. The van der Waals surface area contributed by atoms with Crippen molar-refractivity contribution in [1.29, 1.82) is 0 Å². The highest BCUT2D eigenvalue weighted by Gasteiger charge is 2.33. The van der Waals surface area contributed by atoms with Crippen LogP contribution in [0.1, 0.15) is 32.7 Å². The molecule has 0 spiro atoms. The molecular weight excluding hydrogens is 441 g/mol. The molecule has 0 saturated carbocycles. The van der Waals surface area contributed by atoms with Gasteiger partial charge in [-0.2, -0.15) is 0 Å². The minimum atomic E-state index is -0.398. The fourth-order valence-corrected chi connectivity index (χ4v) is 4.26.